The van der Waals surface area contributed by atoms with Gasteiger partial charge in [0.05, 0.1) is 66.6 Å². The molecule has 10 rings (SSSR count). The Balaban J connectivity index is 1.02. The summed E-state index contributed by atoms with van der Waals surface area (Å²) >= 11 is 0. The van der Waals surface area contributed by atoms with Crippen LogP contribution in [0.1, 0.15) is 38.9 Å². The third-order valence-electron chi connectivity index (χ3n) is 14.0. The van der Waals surface area contributed by atoms with Crippen LogP contribution in [0.4, 0.5) is 0 Å². The highest BCUT2D eigenvalue weighted by atomic mass is 16.8. The number of methoxy groups -OCH3 is 1. The lowest BCUT2D eigenvalue weighted by Gasteiger charge is -2.48. The van der Waals surface area contributed by atoms with E-state index in [9.17, 15) is 0 Å². The molecule has 2 aliphatic heterocycles. The van der Waals surface area contributed by atoms with Crippen molar-refractivity contribution < 1.29 is 56.8 Å². The Labute approximate surface area is 469 Å². The van der Waals surface area contributed by atoms with Gasteiger partial charge < -0.3 is 56.8 Å². The minimum atomic E-state index is -1.04. The molecule has 8 aromatic rings. The SMILES string of the molecule is COc1ccc(O[C@@H]2O[C@H](CO[C@H]3O[C@H](COCc4ccccc4)[C@H](OCc4ccccc4)[C@H](OCc4ccccc4)[C@H]3OCc3ccccc3)[C@H](OCc3ccccc3)[C@H](OCc3ccccc3)[C@H]2OCc2ccccc2)cc1. The molecule has 80 heavy (non-hydrogen) atoms. The second kappa shape index (κ2) is 30.0. The predicted octanol–water partition coefficient (Wildman–Crippen LogP) is 12.3. The maximum Gasteiger partial charge on any atom is 0.229 e. The van der Waals surface area contributed by atoms with Crippen LogP contribution in [0.3, 0.4) is 0 Å². The zero-order valence-electron chi connectivity index (χ0n) is 45.1. The predicted molar refractivity (Wildman–Crippen MR) is 303 cm³/mol. The van der Waals surface area contributed by atoms with Gasteiger partial charge in [0, 0.05) is 0 Å². The van der Waals surface area contributed by atoms with Crippen molar-refractivity contribution in [3.63, 3.8) is 0 Å². The van der Waals surface area contributed by atoms with Crippen LogP contribution in [0, 0.1) is 0 Å². The first-order valence-corrected chi connectivity index (χ1v) is 27.4. The van der Waals surface area contributed by atoms with E-state index < -0.39 is 61.4 Å². The van der Waals surface area contributed by atoms with E-state index in [0.717, 1.165) is 38.9 Å². The van der Waals surface area contributed by atoms with Crippen LogP contribution >= 0.6 is 0 Å². The summed E-state index contributed by atoms with van der Waals surface area (Å²) in [5, 5.41) is 0. The van der Waals surface area contributed by atoms with Gasteiger partial charge in [0.25, 0.3) is 0 Å². The Kier molecular flexibility index (Phi) is 21.1. The molecule has 8 aromatic carbocycles. The Morgan fingerprint density at radius 2 is 0.562 bits per heavy atom. The van der Waals surface area contributed by atoms with E-state index in [1.165, 1.54) is 0 Å². The highest BCUT2D eigenvalue weighted by Gasteiger charge is 2.53. The fourth-order valence-corrected chi connectivity index (χ4v) is 9.83. The summed E-state index contributed by atoms with van der Waals surface area (Å²) in [7, 11) is 1.63. The molecule has 2 fully saturated rings. The Morgan fingerprint density at radius 1 is 0.275 bits per heavy atom. The molecular weight excluding hydrogens is 1010 g/mol. The van der Waals surface area contributed by atoms with Crippen LogP contribution in [0.25, 0.3) is 0 Å². The van der Waals surface area contributed by atoms with Gasteiger partial charge in [-0.25, -0.2) is 0 Å². The molecular formula is C68H70O12. The normalized spacial score (nSPS) is 22.8. The van der Waals surface area contributed by atoms with Gasteiger partial charge in [0.2, 0.25) is 6.29 Å². The summed E-state index contributed by atoms with van der Waals surface area (Å²) in [6.07, 6.45) is -8.18. The summed E-state index contributed by atoms with van der Waals surface area (Å²) in [5.41, 5.74) is 6.88. The van der Waals surface area contributed by atoms with Gasteiger partial charge in [-0.2, -0.15) is 0 Å². The molecule has 2 aliphatic rings. The van der Waals surface area contributed by atoms with E-state index in [0.29, 0.717) is 18.1 Å². The molecule has 414 valence electrons. The van der Waals surface area contributed by atoms with Gasteiger partial charge in [-0.1, -0.05) is 212 Å². The van der Waals surface area contributed by atoms with Crippen molar-refractivity contribution in [2.24, 2.45) is 0 Å². The van der Waals surface area contributed by atoms with Crippen LogP contribution in [-0.2, 0) is 93.6 Å². The molecule has 0 bridgehead atoms. The molecule has 0 spiro atoms. The molecule has 10 atom stereocenters. The third-order valence-corrected chi connectivity index (χ3v) is 14.0. The summed E-state index contributed by atoms with van der Waals surface area (Å²) < 4.78 is 82.6. The topological polar surface area (TPSA) is 111 Å². The summed E-state index contributed by atoms with van der Waals surface area (Å²) in [6.45, 7) is 1.97. The standard InChI is InChI=1S/C68H70O12/c1-69-57-37-39-58(40-38-57)78-68-66(76-47-56-35-21-8-22-36-56)64(74-45-54-31-17-6-18-32-54)62(72-43-52-27-13-4-14-28-52)60(80-68)49-77-67-65(75-46-55-33-19-7-20-34-55)63(73-44-53-29-15-5-16-30-53)61(71-42-51-25-11-3-12-26-51)59(79-67)48-70-41-50-23-9-2-10-24-50/h2-40,59-68H,41-49H2,1H3/t59-,60-,61+,62+,63+,64+,65-,66-,67+,68-/m1/s1. The average molecular weight is 1080 g/mol. The molecule has 0 amide bonds. The fraction of sp³-hybridized carbons (Fsp3) is 0.294. The molecule has 0 aliphatic carbocycles. The fourth-order valence-electron chi connectivity index (χ4n) is 9.83. The smallest absolute Gasteiger partial charge is 0.229 e. The zero-order chi connectivity index (χ0) is 54.4. The minimum Gasteiger partial charge on any atom is -0.497 e. The van der Waals surface area contributed by atoms with Crippen LogP contribution in [0.5, 0.6) is 11.5 Å². The summed E-state index contributed by atoms with van der Waals surface area (Å²) in [4.78, 5) is 0. The lowest BCUT2D eigenvalue weighted by atomic mass is 9.96. The minimum absolute atomic E-state index is 0.0626. The first-order valence-electron chi connectivity index (χ1n) is 27.4. The van der Waals surface area contributed by atoms with Gasteiger partial charge in [0.15, 0.2) is 6.29 Å². The largest absolute Gasteiger partial charge is 0.497 e. The number of ether oxygens (including phenoxy) is 12. The van der Waals surface area contributed by atoms with Crippen molar-refractivity contribution >= 4 is 0 Å². The van der Waals surface area contributed by atoms with E-state index in [1.807, 2.05) is 237 Å². The third kappa shape index (κ3) is 16.3. The molecule has 0 saturated carbocycles. The average Bonchev–Trinajstić information content (AvgIpc) is 3.60. The quantitative estimate of drug-likeness (QED) is 0.0466. The molecule has 0 unspecified atom stereocenters. The lowest BCUT2D eigenvalue weighted by molar-refractivity contribution is -0.346. The van der Waals surface area contributed by atoms with Crippen molar-refractivity contribution in [2.45, 2.75) is 108 Å². The maximum absolute atomic E-state index is 7.19. The Bertz CT molecular complexity index is 2950. The molecule has 0 N–H and O–H groups in total. The second-order valence-electron chi connectivity index (χ2n) is 19.8. The van der Waals surface area contributed by atoms with E-state index in [1.54, 1.807) is 7.11 Å². The molecule has 0 radical (unpaired) electrons. The van der Waals surface area contributed by atoms with Gasteiger partial charge in [-0.15, -0.1) is 0 Å². The first-order chi connectivity index (χ1) is 39.6. The Hall–Kier alpha value is -7.04. The second-order valence-corrected chi connectivity index (χ2v) is 19.8. The highest BCUT2D eigenvalue weighted by molar-refractivity contribution is 5.31. The molecule has 0 aromatic heterocycles. The van der Waals surface area contributed by atoms with E-state index >= 15 is 0 Å². The van der Waals surface area contributed by atoms with Crippen LogP contribution in [0.2, 0.25) is 0 Å². The monoisotopic (exact) mass is 1080 g/mol. The van der Waals surface area contributed by atoms with Crippen molar-refractivity contribution in [1.82, 2.24) is 0 Å². The highest BCUT2D eigenvalue weighted by Crippen LogP contribution is 2.36. The van der Waals surface area contributed by atoms with Gasteiger partial charge >= 0.3 is 0 Å². The van der Waals surface area contributed by atoms with Crippen LogP contribution in [0.15, 0.2) is 237 Å². The molecule has 2 saturated heterocycles. The van der Waals surface area contributed by atoms with E-state index in [-0.39, 0.29) is 52.9 Å². The summed E-state index contributed by atoms with van der Waals surface area (Å²) in [6, 6.07) is 77.7. The van der Waals surface area contributed by atoms with Gasteiger partial charge in [0.1, 0.15) is 60.3 Å². The lowest BCUT2D eigenvalue weighted by Crippen LogP contribution is -2.64. The van der Waals surface area contributed by atoms with Crippen molar-refractivity contribution in [1.29, 1.82) is 0 Å². The van der Waals surface area contributed by atoms with Crippen LogP contribution in [-0.4, -0.2) is 81.7 Å². The Morgan fingerprint density at radius 3 is 0.925 bits per heavy atom. The number of rotatable bonds is 28. The van der Waals surface area contributed by atoms with Gasteiger partial charge in [-0.05, 0) is 63.2 Å². The number of benzene rings is 8. The molecule has 12 nitrogen and oxygen atoms in total. The van der Waals surface area contributed by atoms with E-state index in [2.05, 4.69) is 0 Å². The number of hydrogen-bond acceptors (Lipinski definition) is 12. The van der Waals surface area contributed by atoms with E-state index in [4.69, 9.17) is 56.8 Å². The van der Waals surface area contributed by atoms with Crippen LogP contribution < -0.4 is 9.47 Å². The molecule has 12 heteroatoms. The van der Waals surface area contributed by atoms with Crippen molar-refractivity contribution in [3.05, 3.63) is 276 Å². The first kappa shape index (κ1) is 56.2. The summed E-state index contributed by atoms with van der Waals surface area (Å²) in [5.74, 6) is 1.22. The van der Waals surface area contributed by atoms with Crippen molar-refractivity contribution in [2.75, 3.05) is 20.3 Å². The van der Waals surface area contributed by atoms with Gasteiger partial charge in [-0.3, -0.25) is 0 Å². The maximum atomic E-state index is 7.19. The molecule has 2 heterocycles. The number of hydrogen-bond donors (Lipinski definition) is 0. The zero-order valence-corrected chi connectivity index (χ0v) is 45.1. The van der Waals surface area contributed by atoms with Crippen molar-refractivity contribution in [3.8, 4) is 11.5 Å².